The lowest BCUT2D eigenvalue weighted by Crippen LogP contribution is -2.73. The second kappa shape index (κ2) is 5.69. The molecule has 0 aromatic heterocycles. The lowest BCUT2D eigenvalue weighted by molar-refractivity contribution is -0.293. The molecule has 2 bridgehead atoms. The fourth-order valence-corrected chi connectivity index (χ4v) is 7.76. The predicted octanol–water partition coefficient (Wildman–Crippen LogP) is 2.47. The number of ketones is 1. The molecule has 0 radical (unpaired) electrons. The molecule has 158 valence electrons. The highest BCUT2D eigenvalue weighted by molar-refractivity contribution is 5.92. The van der Waals surface area contributed by atoms with Gasteiger partial charge in [-0.2, -0.15) is 0 Å². The molecule has 4 aliphatic rings. The van der Waals surface area contributed by atoms with Gasteiger partial charge in [-0.1, -0.05) is 41.5 Å². The number of Topliss-reactive ketones (excluding diaryl/α,β-unsaturated/α-hetero) is 1. The van der Waals surface area contributed by atoms with E-state index in [1.54, 1.807) is 6.92 Å². The molecule has 4 rings (SSSR count). The fraction of sp³-hybridized carbons (Fsp3) is 0.870. The summed E-state index contributed by atoms with van der Waals surface area (Å²) in [7, 11) is 0. The Balaban J connectivity index is 2.01. The molecule has 0 spiro atoms. The van der Waals surface area contributed by atoms with Crippen molar-refractivity contribution in [3.63, 3.8) is 0 Å². The van der Waals surface area contributed by atoms with Crippen molar-refractivity contribution in [2.75, 3.05) is 6.61 Å². The summed E-state index contributed by atoms with van der Waals surface area (Å²) in [5, 5.41) is 34.2. The van der Waals surface area contributed by atoms with Crippen molar-refractivity contribution in [1.82, 2.24) is 0 Å². The molecule has 1 aliphatic heterocycles. The Labute approximate surface area is 168 Å². The van der Waals surface area contributed by atoms with Crippen LogP contribution in [0.15, 0.2) is 11.1 Å². The average Bonchev–Trinajstić information content (AvgIpc) is 2.60. The van der Waals surface area contributed by atoms with Gasteiger partial charge in [0, 0.05) is 22.7 Å². The van der Waals surface area contributed by atoms with Crippen molar-refractivity contribution in [2.24, 2.45) is 34.0 Å². The van der Waals surface area contributed by atoms with Crippen LogP contribution in [0.5, 0.6) is 0 Å². The molecule has 3 aliphatic carbocycles. The standard InChI is InChI=1S/C23H36O5/c1-11-8-15-21(6,10-28-15)18-13(3)23(27)9-14(24)12(2)16(20(23,4)5)17(25)19(26)22(11,18)7/h11,13-15,17-18,24-25,27H,8-10H2,1-7H3/t11-,13-,14-,15+,17+,18+,21+,22+,23+/m0/s1. The predicted molar refractivity (Wildman–Crippen MR) is 105 cm³/mol. The van der Waals surface area contributed by atoms with E-state index in [1.807, 2.05) is 27.7 Å². The lowest BCUT2D eigenvalue weighted by atomic mass is 9.39. The van der Waals surface area contributed by atoms with Gasteiger partial charge in [0.05, 0.1) is 24.4 Å². The number of carbonyl (C=O) groups is 1. The maximum absolute atomic E-state index is 13.9. The normalized spacial score (nSPS) is 55.6. The van der Waals surface area contributed by atoms with Crippen molar-refractivity contribution < 1.29 is 24.9 Å². The zero-order valence-corrected chi connectivity index (χ0v) is 18.2. The molecule has 5 heteroatoms. The molecule has 1 heterocycles. The molecule has 0 unspecified atom stereocenters. The molecule has 5 nitrogen and oxygen atoms in total. The number of rotatable bonds is 0. The minimum absolute atomic E-state index is 0.0387. The average molecular weight is 393 g/mol. The Bertz CT molecular complexity index is 756. The van der Waals surface area contributed by atoms with Gasteiger partial charge in [0.15, 0.2) is 5.78 Å². The number of hydrogen-bond acceptors (Lipinski definition) is 5. The first kappa shape index (κ1) is 20.5. The molecular weight excluding hydrogens is 356 g/mol. The number of fused-ring (bicyclic) bond motifs is 5. The third-order valence-electron chi connectivity index (χ3n) is 9.77. The van der Waals surface area contributed by atoms with E-state index in [9.17, 15) is 20.1 Å². The molecule has 2 saturated carbocycles. The summed E-state index contributed by atoms with van der Waals surface area (Å²) in [5.74, 6) is -0.499. The fourth-order valence-electron chi connectivity index (χ4n) is 7.76. The summed E-state index contributed by atoms with van der Waals surface area (Å²) in [6, 6.07) is 0. The Hall–Kier alpha value is -0.750. The van der Waals surface area contributed by atoms with E-state index in [-0.39, 0.29) is 41.5 Å². The molecule has 28 heavy (non-hydrogen) atoms. The van der Waals surface area contributed by atoms with Gasteiger partial charge in [-0.25, -0.2) is 0 Å². The third-order valence-corrected chi connectivity index (χ3v) is 9.77. The largest absolute Gasteiger partial charge is 0.389 e. The van der Waals surface area contributed by atoms with Gasteiger partial charge in [0.1, 0.15) is 6.10 Å². The SMILES string of the molecule is CC1=C2[C@@H](O)C(=O)[C@@]3(C)[C@H]([C@H](C)[C@](O)(C[C@@H]1O)C2(C)C)[C@]1(C)CO[C@@H]1C[C@@H]3C. The second-order valence-electron chi connectivity index (χ2n) is 11.1. The summed E-state index contributed by atoms with van der Waals surface area (Å²) in [6.45, 7) is 14.5. The van der Waals surface area contributed by atoms with E-state index in [4.69, 9.17) is 4.74 Å². The van der Waals surface area contributed by atoms with Gasteiger partial charge >= 0.3 is 0 Å². The molecule has 0 aromatic carbocycles. The summed E-state index contributed by atoms with van der Waals surface area (Å²) < 4.78 is 5.90. The molecule has 9 atom stereocenters. The van der Waals surface area contributed by atoms with E-state index < -0.39 is 28.6 Å². The number of carbonyl (C=O) groups excluding carboxylic acids is 1. The maximum Gasteiger partial charge on any atom is 0.171 e. The molecule has 1 saturated heterocycles. The Morgan fingerprint density at radius 2 is 1.71 bits per heavy atom. The monoisotopic (exact) mass is 392 g/mol. The minimum Gasteiger partial charge on any atom is -0.389 e. The first-order chi connectivity index (χ1) is 12.7. The van der Waals surface area contributed by atoms with Crippen LogP contribution in [0, 0.1) is 34.0 Å². The lowest BCUT2D eigenvalue weighted by Gasteiger charge is -2.69. The Morgan fingerprint density at radius 3 is 2.25 bits per heavy atom. The summed E-state index contributed by atoms with van der Waals surface area (Å²) in [4.78, 5) is 13.9. The van der Waals surface area contributed by atoms with Crippen LogP contribution in [0.25, 0.3) is 0 Å². The Morgan fingerprint density at radius 1 is 1.11 bits per heavy atom. The number of hydrogen-bond donors (Lipinski definition) is 3. The number of ether oxygens (including phenoxy) is 1. The van der Waals surface area contributed by atoms with Crippen LogP contribution in [-0.2, 0) is 9.53 Å². The molecule has 3 N–H and O–H groups in total. The van der Waals surface area contributed by atoms with Crippen molar-refractivity contribution in [3.05, 3.63) is 11.1 Å². The van der Waals surface area contributed by atoms with Crippen LogP contribution in [0.1, 0.15) is 61.3 Å². The topological polar surface area (TPSA) is 87.0 Å². The highest BCUT2D eigenvalue weighted by Gasteiger charge is 2.71. The smallest absolute Gasteiger partial charge is 0.171 e. The third kappa shape index (κ3) is 2.04. The van der Waals surface area contributed by atoms with Crippen molar-refractivity contribution in [1.29, 1.82) is 0 Å². The van der Waals surface area contributed by atoms with E-state index in [0.29, 0.717) is 17.8 Å². The highest BCUT2D eigenvalue weighted by Crippen LogP contribution is 2.67. The van der Waals surface area contributed by atoms with Gasteiger partial charge in [0.25, 0.3) is 0 Å². The van der Waals surface area contributed by atoms with E-state index >= 15 is 0 Å². The molecule has 3 fully saturated rings. The zero-order valence-electron chi connectivity index (χ0n) is 18.2. The summed E-state index contributed by atoms with van der Waals surface area (Å²) in [5.41, 5.74) is -1.88. The second-order valence-corrected chi connectivity index (χ2v) is 11.1. The quantitative estimate of drug-likeness (QED) is 0.551. The number of aliphatic hydroxyl groups is 3. The first-order valence-corrected chi connectivity index (χ1v) is 10.7. The maximum atomic E-state index is 13.9. The van der Waals surface area contributed by atoms with Crippen LogP contribution in [0.2, 0.25) is 0 Å². The molecule has 0 aromatic rings. The van der Waals surface area contributed by atoms with Gasteiger partial charge in [0.2, 0.25) is 0 Å². The minimum atomic E-state index is -1.31. The summed E-state index contributed by atoms with van der Waals surface area (Å²) >= 11 is 0. The molecule has 0 amide bonds. The Kier molecular flexibility index (Phi) is 4.17. The number of aliphatic hydroxyl groups excluding tert-OH is 2. The van der Waals surface area contributed by atoms with Crippen LogP contribution >= 0.6 is 0 Å². The highest BCUT2D eigenvalue weighted by atomic mass is 16.5. The van der Waals surface area contributed by atoms with Crippen molar-refractivity contribution in [3.8, 4) is 0 Å². The van der Waals surface area contributed by atoms with Crippen molar-refractivity contribution >= 4 is 5.78 Å². The van der Waals surface area contributed by atoms with Crippen LogP contribution in [0.3, 0.4) is 0 Å². The van der Waals surface area contributed by atoms with E-state index in [0.717, 1.165) is 6.42 Å². The van der Waals surface area contributed by atoms with E-state index in [2.05, 4.69) is 13.8 Å². The first-order valence-electron chi connectivity index (χ1n) is 10.7. The van der Waals surface area contributed by atoms with Gasteiger partial charge in [-0.3, -0.25) is 4.79 Å². The summed E-state index contributed by atoms with van der Waals surface area (Å²) in [6.07, 6.45) is -1.08. The van der Waals surface area contributed by atoms with Gasteiger partial charge in [-0.05, 0) is 42.2 Å². The van der Waals surface area contributed by atoms with Gasteiger partial charge < -0.3 is 20.1 Å². The van der Waals surface area contributed by atoms with Crippen LogP contribution in [0.4, 0.5) is 0 Å². The van der Waals surface area contributed by atoms with Crippen molar-refractivity contribution in [2.45, 2.75) is 85.2 Å². The molecular formula is C23H36O5. The van der Waals surface area contributed by atoms with E-state index in [1.165, 1.54) is 0 Å². The van der Waals surface area contributed by atoms with Crippen LogP contribution in [-0.4, -0.2) is 51.6 Å². The zero-order chi connectivity index (χ0) is 21.0. The van der Waals surface area contributed by atoms with Gasteiger partial charge in [-0.15, -0.1) is 0 Å². The van der Waals surface area contributed by atoms with Crippen LogP contribution < -0.4 is 0 Å².